The van der Waals surface area contributed by atoms with Crippen molar-refractivity contribution in [2.24, 2.45) is 0 Å². The van der Waals surface area contributed by atoms with Crippen LogP contribution in [0.1, 0.15) is 33.6 Å². The molecule has 0 spiro atoms. The number of aromatic amines is 1. The van der Waals surface area contributed by atoms with Gasteiger partial charge in [-0.05, 0) is 49.6 Å². The summed E-state index contributed by atoms with van der Waals surface area (Å²) in [6.07, 6.45) is 0.492. The lowest BCUT2D eigenvalue weighted by Gasteiger charge is -2.28. The lowest BCUT2D eigenvalue weighted by atomic mass is 10.1. The van der Waals surface area contributed by atoms with Crippen LogP contribution < -0.4 is 0 Å². The number of hydrogen-bond donors (Lipinski definition) is 1. The predicted octanol–water partition coefficient (Wildman–Crippen LogP) is 3.61. The molecule has 1 aliphatic heterocycles. The average Bonchev–Trinajstić information content (AvgIpc) is 3.18. The Morgan fingerprint density at radius 3 is 2.57 bits per heavy atom. The molecule has 2 heterocycles. The van der Waals surface area contributed by atoms with Crippen LogP contribution >= 0.6 is 0 Å². The number of benzene rings is 2. The van der Waals surface area contributed by atoms with Crippen molar-refractivity contribution in [2.75, 3.05) is 11.5 Å². The number of nitrogens with one attached hydrogen (secondary N) is 1. The van der Waals surface area contributed by atoms with Gasteiger partial charge in [0.25, 0.3) is 5.91 Å². The predicted molar refractivity (Wildman–Crippen MR) is 111 cm³/mol. The fourth-order valence-electron chi connectivity index (χ4n) is 3.93. The topological polar surface area (TPSA) is 70.2 Å². The molecule has 4 rings (SSSR count). The number of sulfone groups is 1. The van der Waals surface area contributed by atoms with Crippen LogP contribution in [0, 0.1) is 13.8 Å². The van der Waals surface area contributed by atoms with Gasteiger partial charge in [-0.1, -0.05) is 30.3 Å². The number of aryl methyl sites for hydroxylation is 2. The van der Waals surface area contributed by atoms with Gasteiger partial charge in [0.1, 0.15) is 0 Å². The smallest absolute Gasteiger partial charge is 0.254 e. The lowest BCUT2D eigenvalue weighted by molar-refractivity contribution is 0.0681. The largest absolute Gasteiger partial charge is 0.358 e. The second kappa shape index (κ2) is 7.09. The Labute approximate surface area is 165 Å². The molecule has 146 valence electrons. The molecule has 0 radical (unpaired) electrons. The molecule has 1 atom stereocenters. The Morgan fingerprint density at radius 1 is 1.14 bits per heavy atom. The Morgan fingerprint density at radius 2 is 1.89 bits per heavy atom. The first-order valence-corrected chi connectivity index (χ1v) is 11.3. The van der Waals surface area contributed by atoms with E-state index in [9.17, 15) is 13.2 Å². The van der Waals surface area contributed by atoms with Crippen LogP contribution in [0.2, 0.25) is 0 Å². The van der Waals surface area contributed by atoms with Crippen molar-refractivity contribution in [2.45, 2.75) is 32.9 Å². The average molecular weight is 397 g/mol. The molecule has 0 bridgehead atoms. The summed E-state index contributed by atoms with van der Waals surface area (Å²) in [5.41, 5.74) is 4.81. The van der Waals surface area contributed by atoms with E-state index in [4.69, 9.17) is 0 Å². The standard InChI is InChI=1S/C22H24N2O3S/c1-15-16(2)23-21-9-8-18(12-20(15)21)22(25)24(13-17-6-4-3-5-7-17)19-10-11-28(26,27)14-19/h3-9,12,19,23H,10-11,13-14H2,1-2H3/t19-/m0/s1. The molecule has 1 N–H and O–H groups in total. The number of nitrogens with zero attached hydrogens (tertiary/aromatic N) is 1. The van der Waals surface area contributed by atoms with Crippen molar-refractivity contribution in [1.82, 2.24) is 9.88 Å². The van der Waals surface area contributed by atoms with Crippen molar-refractivity contribution in [1.29, 1.82) is 0 Å². The number of hydrogen-bond acceptors (Lipinski definition) is 3. The quantitative estimate of drug-likeness (QED) is 0.732. The second-order valence-corrected chi connectivity index (χ2v) is 9.84. The fourth-order valence-corrected chi connectivity index (χ4v) is 5.66. The zero-order chi connectivity index (χ0) is 19.9. The van der Waals surface area contributed by atoms with Crippen LogP contribution in [-0.2, 0) is 16.4 Å². The van der Waals surface area contributed by atoms with Gasteiger partial charge < -0.3 is 9.88 Å². The number of amides is 1. The molecule has 6 heteroatoms. The molecule has 1 saturated heterocycles. The highest BCUT2D eigenvalue weighted by Crippen LogP contribution is 2.26. The van der Waals surface area contributed by atoms with Gasteiger partial charge in [-0.3, -0.25) is 4.79 Å². The normalized spacial score (nSPS) is 18.4. The van der Waals surface area contributed by atoms with E-state index < -0.39 is 9.84 Å². The monoisotopic (exact) mass is 396 g/mol. The van der Waals surface area contributed by atoms with Crippen LogP contribution in [-0.4, -0.2) is 41.8 Å². The Hall–Kier alpha value is -2.60. The van der Waals surface area contributed by atoms with Crippen molar-refractivity contribution < 1.29 is 13.2 Å². The van der Waals surface area contributed by atoms with E-state index >= 15 is 0 Å². The number of carbonyl (C=O) groups is 1. The number of aromatic nitrogens is 1. The lowest BCUT2D eigenvalue weighted by Crippen LogP contribution is -2.40. The summed E-state index contributed by atoms with van der Waals surface area (Å²) in [6.45, 7) is 4.46. The first-order valence-electron chi connectivity index (χ1n) is 9.48. The van der Waals surface area contributed by atoms with E-state index in [2.05, 4.69) is 4.98 Å². The summed E-state index contributed by atoms with van der Waals surface area (Å²) < 4.78 is 24.1. The van der Waals surface area contributed by atoms with Crippen LogP contribution in [0.15, 0.2) is 48.5 Å². The van der Waals surface area contributed by atoms with Crippen molar-refractivity contribution in [3.05, 3.63) is 70.9 Å². The molecule has 1 fully saturated rings. The SMILES string of the molecule is Cc1[nH]c2ccc(C(=O)N(Cc3ccccc3)[C@H]3CCS(=O)(=O)C3)cc2c1C. The number of fused-ring (bicyclic) bond motifs is 1. The van der Waals surface area contributed by atoms with Crippen LogP contribution in [0.25, 0.3) is 10.9 Å². The van der Waals surface area contributed by atoms with Gasteiger partial charge in [0.2, 0.25) is 0 Å². The second-order valence-electron chi connectivity index (χ2n) is 7.61. The van der Waals surface area contributed by atoms with Crippen molar-refractivity contribution >= 4 is 26.6 Å². The Balaban J connectivity index is 1.71. The van der Waals surface area contributed by atoms with Crippen molar-refractivity contribution in [3.63, 3.8) is 0 Å². The summed E-state index contributed by atoms with van der Waals surface area (Å²) >= 11 is 0. The third-order valence-corrected chi connectivity index (χ3v) is 7.41. The molecule has 1 aromatic heterocycles. The van der Waals surface area contributed by atoms with E-state index in [1.165, 1.54) is 0 Å². The van der Waals surface area contributed by atoms with Crippen molar-refractivity contribution in [3.8, 4) is 0 Å². The maximum Gasteiger partial charge on any atom is 0.254 e. The van der Waals surface area contributed by atoms with Crippen LogP contribution in [0.3, 0.4) is 0 Å². The summed E-state index contributed by atoms with van der Waals surface area (Å²) in [5, 5.41) is 1.03. The highest BCUT2D eigenvalue weighted by atomic mass is 32.2. The molecule has 28 heavy (non-hydrogen) atoms. The number of rotatable bonds is 4. The molecule has 2 aromatic carbocycles. The van der Waals surface area contributed by atoms with Gasteiger partial charge in [0, 0.05) is 34.7 Å². The van der Waals surface area contributed by atoms with Gasteiger partial charge >= 0.3 is 0 Å². The van der Waals surface area contributed by atoms with Gasteiger partial charge in [-0.15, -0.1) is 0 Å². The summed E-state index contributed by atoms with van der Waals surface area (Å²) in [4.78, 5) is 18.5. The molecule has 1 amide bonds. The molecule has 0 aliphatic carbocycles. The third kappa shape index (κ3) is 3.56. The minimum Gasteiger partial charge on any atom is -0.358 e. The summed E-state index contributed by atoms with van der Waals surface area (Å²) in [5.74, 6) is 0.0627. The first kappa shape index (κ1) is 18.7. The van der Waals surface area contributed by atoms with Gasteiger partial charge in [-0.25, -0.2) is 8.42 Å². The van der Waals surface area contributed by atoms with Gasteiger partial charge in [0.15, 0.2) is 9.84 Å². The minimum atomic E-state index is -3.09. The van der Waals surface area contributed by atoms with Crippen LogP contribution in [0.5, 0.6) is 0 Å². The highest BCUT2D eigenvalue weighted by molar-refractivity contribution is 7.91. The minimum absolute atomic E-state index is 0.0378. The van der Waals surface area contributed by atoms with Gasteiger partial charge in [-0.2, -0.15) is 0 Å². The van der Waals surface area contributed by atoms with Gasteiger partial charge in [0.05, 0.1) is 11.5 Å². The van der Waals surface area contributed by atoms with E-state index in [0.29, 0.717) is 18.5 Å². The number of carbonyl (C=O) groups excluding carboxylic acids is 1. The number of H-pyrrole nitrogens is 1. The fraction of sp³-hybridized carbons (Fsp3) is 0.318. The molecule has 5 nitrogen and oxygen atoms in total. The van der Waals surface area contributed by atoms with Crippen LogP contribution in [0.4, 0.5) is 0 Å². The first-order chi connectivity index (χ1) is 13.3. The molecular weight excluding hydrogens is 372 g/mol. The maximum atomic E-state index is 13.4. The highest BCUT2D eigenvalue weighted by Gasteiger charge is 2.35. The van der Waals surface area contributed by atoms with E-state index in [0.717, 1.165) is 27.7 Å². The summed E-state index contributed by atoms with van der Waals surface area (Å²) in [7, 11) is -3.09. The molecular formula is C22H24N2O3S. The Bertz CT molecular complexity index is 1130. The Kier molecular flexibility index (Phi) is 4.75. The third-order valence-electron chi connectivity index (χ3n) is 5.66. The maximum absolute atomic E-state index is 13.4. The van der Waals surface area contributed by atoms with E-state index in [1.54, 1.807) is 4.90 Å². The molecule has 0 saturated carbocycles. The molecule has 3 aromatic rings. The van der Waals surface area contributed by atoms with E-state index in [1.807, 2.05) is 62.4 Å². The summed E-state index contributed by atoms with van der Waals surface area (Å²) in [6, 6.07) is 15.1. The molecule has 0 unspecified atom stereocenters. The van der Waals surface area contributed by atoms with E-state index in [-0.39, 0.29) is 23.5 Å². The molecule has 1 aliphatic rings. The zero-order valence-electron chi connectivity index (χ0n) is 16.1. The zero-order valence-corrected chi connectivity index (χ0v) is 16.9.